The average molecular weight is 388 g/mol. The van der Waals surface area contributed by atoms with Crippen LogP contribution in [0.4, 0.5) is 5.82 Å². The van der Waals surface area contributed by atoms with Crippen molar-refractivity contribution in [3.63, 3.8) is 0 Å². The number of likely N-dealkylation sites (tertiary alicyclic amines) is 1. The van der Waals surface area contributed by atoms with Crippen molar-refractivity contribution in [2.24, 2.45) is 11.8 Å². The smallest absolute Gasteiger partial charge is 0.247 e. The summed E-state index contributed by atoms with van der Waals surface area (Å²) in [6.45, 7) is 5.37. The Hall–Kier alpha value is -3.22. The molecule has 3 unspecified atom stereocenters. The number of carbonyl (C=O) groups is 1. The van der Waals surface area contributed by atoms with Crippen LogP contribution in [0.25, 0.3) is 11.3 Å². The van der Waals surface area contributed by atoms with Crippen molar-refractivity contribution in [3.8, 4) is 11.3 Å². The first kappa shape index (κ1) is 17.8. The summed E-state index contributed by atoms with van der Waals surface area (Å²) < 4.78 is 1.73. The van der Waals surface area contributed by atoms with Gasteiger partial charge in [0.15, 0.2) is 0 Å². The highest BCUT2D eigenvalue weighted by Crippen LogP contribution is 2.34. The van der Waals surface area contributed by atoms with E-state index < -0.39 is 0 Å². The normalized spacial score (nSPS) is 22.0. The zero-order valence-corrected chi connectivity index (χ0v) is 16.4. The topological polar surface area (TPSA) is 67.2 Å². The van der Waals surface area contributed by atoms with Crippen molar-refractivity contribution in [2.45, 2.75) is 13.0 Å². The van der Waals surface area contributed by atoms with Crippen molar-refractivity contribution < 1.29 is 4.79 Å². The molecule has 0 radical (unpaired) electrons. The van der Waals surface area contributed by atoms with E-state index in [-0.39, 0.29) is 11.9 Å². The lowest BCUT2D eigenvalue weighted by molar-refractivity contribution is -0.133. The van der Waals surface area contributed by atoms with Gasteiger partial charge in [0.1, 0.15) is 11.9 Å². The van der Waals surface area contributed by atoms with Crippen molar-refractivity contribution in [2.75, 3.05) is 31.1 Å². The van der Waals surface area contributed by atoms with Gasteiger partial charge in [-0.3, -0.25) is 14.5 Å². The maximum Gasteiger partial charge on any atom is 0.247 e. The standard InChI is InChI=1S/C22H24N6O/c1-16(28-9-5-8-25-28)22(29)27-14-18-12-26(13-19(18)15-27)21-11-23-20(10-24-21)17-6-3-2-4-7-17/h2-11,16,18-19H,12-15H2,1H3. The number of aromatic nitrogens is 4. The van der Waals surface area contributed by atoms with E-state index in [1.807, 2.05) is 66.8 Å². The third kappa shape index (κ3) is 3.37. The fraction of sp³-hybridized carbons (Fsp3) is 0.364. The third-order valence-corrected chi connectivity index (χ3v) is 6.11. The molecule has 0 bridgehead atoms. The maximum atomic E-state index is 12.8. The number of carbonyl (C=O) groups excluding carboxylic acids is 1. The average Bonchev–Trinajstić information content (AvgIpc) is 3.50. The second kappa shape index (κ2) is 7.31. The van der Waals surface area contributed by atoms with Gasteiger partial charge >= 0.3 is 0 Å². The fourth-order valence-corrected chi connectivity index (χ4v) is 4.49. The zero-order chi connectivity index (χ0) is 19.8. The molecule has 7 heteroatoms. The Labute approximate surface area is 170 Å². The Balaban J connectivity index is 1.22. The highest BCUT2D eigenvalue weighted by Gasteiger charge is 2.43. The first-order chi connectivity index (χ1) is 14.2. The van der Waals surface area contributed by atoms with Crippen LogP contribution in [0, 0.1) is 11.8 Å². The van der Waals surface area contributed by atoms with Crippen LogP contribution >= 0.6 is 0 Å². The Morgan fingerprint density at radius 1 is 1.00 bits per heavy atom. The van der Waals surface area contributed by atoms with Crippen molar-refractivity contribution >= 4 is 11.7 Å². The van der Waals surface area contributed by atoms with Crippen LogP contribution in [0.5, 0.6) is 0 Å². The first-order valence-electron chi connectivity index (χ1n) is 10.1. The van der Waals surface area contributed by atoms with Crippen molar-refractivity contribution in [3.05, 3.63) is 61.2 Å². The number of fused-ring (bicyclic) bond motifs is 1. The molecular weight excluding hydrogens is 364 g/mol. The molecule has 5 rings (SSSR count). The Bertz CT molecular complexity index is 958. The minimum absolute atomic E-state index is 0.154. The first-order valence-corrected chi connectivity index (χ1v) is 10.1. The van der Waals surface area contributed by atoms with E-state index in [9.17, 15) is 4.79 Å². The molecule has 2 saturated heterocycles. The summed E-state index contributed by atoms with van der Waals surface area (Å²) in [5, 5.41) is 4.21. The molecule has 3 aromatic rings. The summed E-state index contributed by atoms with van der Waals surface area (Å²) in [6, 6.07) is 11.7. The number of benzene rings is 1. The molecule has 2 aliphatic heterocycles. The van der Waals surface area contributed by atoms with Gasteiger partial charge in [-0.05, 0) is 13.0 Å². The molecule has 0 saturated carbocycles. The molecule has 2 aromatic heterocycles. The summed E-state index contributed by atoms with van der Waals surface area (Å²) >= 11 is 0. The summed E-state index contributed by atoms with van der Waals surface area (Å²) in [6.07, 6.45) is 7.27. The molecule has 1 aromatic carbocycles. The van der Waals surface area contributed by atoms with Gasteiger partial charge in [0.25, 0.3) is 0 Å². The van der Waals surface area contributed by atoms with E-state index in [0.717, 1.165) is 43.3 Å². The van der Waals surface area contributed by atoms with Gasteiger partial charge in [0.05, 0.1) is 18.1 Å². The van der Waals surface area contributed by atoms with E-state index in [4.69, 9.17) is 0 Å². The van der Waals surface area contributed by atoms with E-state index >= 15 is 0 Å². The fourth-order valence-electron chi connectivity index (χ4n) is 4.49. The summed E-state index contributed by atoms with van der Waals surface area (Å²) in [4.78, 5) is 26.4. The minimum atomic E-state index is -0.253. The SMILES string of the molecule is CC(C(=O)N1CC2CN(c3cnc(-c4ccccc4)cn3)CC2C1)n1cccn1. The lowest BCUT2D eigenvalue weighted by Gasteiger charge is -2.24. The van der Waals surface area contributed by atoms with Crippen LogP contribution < -0.4 is 4.90 Å². The highest BCUT2D eigenvalue weighted by atomic mass is 16.2. The molecular formula is C22H24N6O. The second-order valence-corrected chi connectivity index (χ2v) is 7.96. The maximum absolute atomic E-state index is 12.8. The lowest BCUT2D eigenvalue weighted by Crippen LogP contribution is -2.37. The predicted molar refractivity (Wildman–Crippen MR) is 110 cm³/mol. The second-order valence-electron chi connectivity index (χ2n) is 7.96. The monoisotopic (exact) mass is 388 g/mol. The summed E-state index contributed by atoms with van der Waals surface area (Å²) in [5.74, 6) is 2.04. The van der Waals surface area contributed by atoms with Gasteiger partial charge in [-0.1, -0.05) is 30.3 Å². The van der Waals surface area contributed by atoms with Gasteiger partial charge in [-0.15, -0.1) is 0 Å². The van der Waals surface area contributed by atoms with Crippen molar-refractivity contribution in [1.29, 1.82) is 0 Å². The molecule has 7 nitrogen and oxygen atoms in total. The van der Waals surface area contributed by atoms with Crippen molar-refractivity contribution in [1.82, 2.24) is 24.6 Å². The molecule has 2 aliphatic rings. The molecule has 0 N–H and O–H groups in total. The predicted octanol–water partition coefficient (Wildman–Crippen LogP) is 2.50. The molecule has 4 heterocycles. The number of nitrogens with zero attached hydrogens (tertiary/aromatic N) is 6. The number of amides is 1. The molecule has 0 aliphatic carbocycles. The van der Waals surface area contributed by atoms with Crippen LogP contribution in [0.2, 0.25) is 0 Å². The lowest BCUT2D eigenvalue weighted by atomic mass is 10.0. The number of rotatable bonds is 4. The third-order valence-electron chi connectivity index (χ3n) is 6.11. The molecule has 1 amide bonds. The molecule has 29 heavy (non-hydrogen) atoms. The Kier molecular flexibility index (Phi) is 4.50. The van der Waals surface area contributed by atoms with Crippen LogP contribution in [-0.4, -0.2) is 56.7 Å². The Morgan fingerprint density at radius 2 is 1.76 bits per heavy atom. The van der Waals surface area contributed by atoms with E-state index in [0.29, 0.717) is 11.8 Å². The largest absolute Gasteiger partial charge is 0.355 e. The minimum Gasteiger partial charge on any atom is -0.355 e. The summed E-state index contributed by atoms with van der Waals surface area (Å²) in [5.41, 5.74) is 1.96. The quantitative estimate of drug-likeness (QED) is 0.687. The number of hydrogen-bond donors (Lipinski definition) is 0. The van der Waals surface area contributed by atoms with E-state index in [1.54, 1.807) is 10.9 Å². The molecule has 2 fully saturated rings. The molecule has 0 spiro atoms. The van der Waals surface area contributed by atoms with Gasteiger partial charge < -0.3 is 9.80 Å². The van der Waals surface area contributed by atoms with Crippen LogP contribution in [0.3, 0.4) is 0 Å². The number of anilines is 1. The van der Waals surface area contributed by atoms with Gasteiger partial charge in [-0.2, -0.15) is 5.10 Å². The van der Waals surface area contributed by atoms with Gasteiger partial charge in [0.2, 0.25) is 5.91 Å². The number of hydrogen-bond acceptors (Lipinski definition) is 5. The zero-order valence-electron chi connectivity index (χ0n) is 16.4. The van der Waals surface area contributed by atoms with Gasteiger partial charge in [0, 0.05) is 56.0 Å². The molecule has 3 atom stereocenters. The Morgan fingerprint density at radius 3 is 2.38 bits per heavy atom. The van der Waals surface area contributed by atoms with E-state index in [1.165, 1.54) is 0 Å². The highest BCUT2D eigenvalue weighted by molar-refractivity contribution is 5.80. The summed E-state index contributed by atoms with van der Waals surface area (Å²) in [7, 11) is 0. The van der Waals surface area contributed by atoms with Crippen LogP contribution in [0.15, 0.2) is 61.2 Å². The molecule has 148 valence electrons. The van der Waals surface area contributed by atoms with E-state index in [2.05, 4.69) is 20.0 Å². The van der Waals surface area contributed by atoms with Gasteiger partial charge in [-0.25, -0.2) is 4.98 Å². The van der Waals surface area contributed by atoms with Crippen LogP contribution in [-0.2, 0) is 4.79 Å². The van der Waals surface area contributed by atoms with Crippen LogP contribution in [0.1, 0.15) is 13.0 Å².